The molecule has 0 unspecified atom stereocenters. The number of halogens is 1. The van der Waals surface area contributed by atoms with E-state index in [2.05, 4.69) is 15.9 Å². The third-order valence-corrected chi connectivity index (χ3v) is 5.00. The molecule has 0 spiro atoms. The first-order valence-corrected chi connectivity index (χ1v) is 7.29. The molecule has 2 bridgehead atoms. The van der Waals surface area contributed by atoms with Crippen LogP contribution in [0, 0.1) is 5.92 Å². The number of alkyl halides is 1. The number of rotatable bonds is 3. The number of ether oxygens (including phenoxy) is 1. The van der Waals surface area contributed by atoms with Gasteiger partial charge in [0.15, 0.2) is 0 Å². The Bertz CT molecular complexity index is 490. The predicted molar refractivity (Wildman–Crippen MR) is 74.2 cm³/mol. The Hall–Kier alpha value is -1.07. The zero-order valence-corrected chi connectivity index (χ0v) is 12.2. The van der Waals surface area contributed by atoms with E-state index in [0.29, 0.717) is 6.54 Å². The monoisotopic (exact) mass is 325 g/mol. The Morgan fingerprint density at radius 1 is 1.42 bits per heavy atom. The lowest BCUT2D eigenvalue weighted by atomic mass is 10.1. The molecule has 0 radical (unpaired) electrons. The molecular weight excluding hydrogens is 310 g/mol. The van der Waals surface area contributed by atoms with Crippen LogP contribution >= 0.6 is 15.9 Å². The molecule has 0 aromatic heterocycles. The minimum absolute atomic E-state index is 0.0732. The molecule has 1 amide bonds. The van der Waals surface area contributed by atoms with Crippen LogP contribution in [0.3, 0.4) is 0 Å². The highest BCUT2D eigenvalue weighted by Gasteiger charge is 2.56. The van der Waals surface area contributed by atoms with E-state index < -0.39 is 6.10 Å². The fourth-order valence-corrected chi connectivity index (χ4v) is 4.07. The van der Waals surface area contributed by atoms with Crippen molar-refractivity contribution in [1.82, 2.24) is 4.90 Å². The molecule has 3 rings (SSSR count). The van der Waals surface area contributed by atoms with Gasteiger partial charge in [0, 0.05) is 11.4 Å². The third kappa shape index (κ3) is 2.05. The van der Waals surface area contributed by atoms with Crippen molar-refractivity contribution in [1.29, 1.82) is 0 Å². The second-order valence-electron chi connectivity index (χ2n) is 5.15. The van der Waals surface area contributed by atoms with Crippen LogP contribution in [0.1, 0.15) is 12.0 Å². The van der Waals surface area contributed by atoms with Crippen LogP contribution in [0.2, 0.25) is 0 Å². The molecule has 1 heterocycles. The lowest BCUT2D eigenvalue weighted by Gasteiger charge is -2.30. The number of nitrogens with zero attached hydrogens (tertiary/aromatic N) is 1. The van der Waals surface area contributed by atoms with Gasteiger partial charge in [-0.3, -0.25) is 4.79 Å². The van der Waals surface area contributed by atoms with E-state index in [1.807, 2.05) is 24.3 Å². The molecule has 102 valence electrons. The van der Waals surface area contributed by atoms with Crippen LogP contribution in [0.15, 0.2) is 24.3 Å². The topological polar surface area (TPSA) is 49.8 Å². The smallest absolute Gasteiger partial charge is 0.229 e. The Kier molecular flexibility index (Phi) is 3.27. The molecule has 1 saturated heterocycles. The second-order valence-corrected chi connectivity index (χ2v) is 6.33. The van der Waals surface area contributed by atoms with Crippen LogP contribution in [-0.2, 0) is 11.3 Å². The van der Waals surface area contributed by atoms with Gasteiger partial charge in [0.25, 0.3) is 0 Å². The number of piperidine rings is 1. The van der Waals surface area contributed by atoms with Crippen molar-refractivity contribution in [3.05, 3.63) is 29.8 Å². The number of amides is 1. The largest absolute Gasteiger partial charge is 0.497 e. The molecule has 1 aromatic carbocycles. The van der Waals surface area contributed by atoms with E-state index in [4.69, 9.17) is 4.74 Å². The first-order chi connectivity index (χ1) is 9.11. The van der Waals surface area contributed by atoms with Crippen LogP contribution in [0.25, 0.3) is 0 Å². The average molecular weight is 326 g/mol. The number of hydrogen-bond acceptors (Lipinski definition) is 3. The third-order valence-electron chi connectivity index (χ3n) is 4.08. The minimum atomic E-state index is -0.532. The average Bonchev–Trinajstić information content (AvgIpc) is 2.82. The summed E-state index contributed by atoms with van der Waals surface area (Å²) in [6.45, 7) is 0.545. The lowest BCUT2D eigenvalue weighted by molar-refractivity contribution is -0.134. The van der Waals surface area contributed by atoms with Gasteiger partial charge >= 0.3 is 0 Å². The molecule has 4 nitrogen and oxygen atoms in total. The summed E-state index contributed by atoms with van der Waals surface area (Å²) in [6.07, 6.45) is 0.208. The molecule has 1 N–H and O–H groups in total. The van der Waals surface area contributed by atoms with Crippen molar-refractivity contribution in [2.24, 2.45) is 5.92 Å². The molecule has 1 aliphatic heterocycles. The van der Waals surface area contributed by atoms with Gasteiger partial charge in [0.2, 0.25) is 5.91 Å². The zero-order chi connectivity index (χ0) is 13.6. The van der Waals surface area contributed by atoms with Gasteiger partial charge < -0.3 is 14.7 Å². The van der Waals surface area contributed by atoms with Crippen molar-refractivity contribution in [3.8, 4) is 5.75 Å². The summed E-state index contributed by atoms with van der Waals surface area (Å²) in [4.78, 5) is 14.2. The molecule has 1 aliphatic carbocycles. The first kappa shape index (κ1) is 12.9. The summed E-state index contributed by atoms with van der Waals surface area (Å²) in [7, 11) is 1.63. The van der Waals surface area contributed by atoms with Crippen molar-refractivity contribution in [2.75, 3.05) is 7.11 Å². The number of benzene rings is 1. The van der Waals surface area contributed by atoms with Gasteiger partial charge in [-0.1, -0.05) is 28.1 Å². The van der Waals surface area contributed by atoms with Gasteiger partial charge in [-0.2, -0.15) is 0 Å². The quantitative estimate of drug-likeness (QED) is 0.858. The van der Waals surface area contributed by atoms with Gasteiger partial charge in [-0.25, -0.2) is 0 Å². The van der Waals surface area contributed by atoms with Crippen molar-refractivity contribution in [3.63, 3.8) is 0 Å². The first-order valence-electron chi connectivity index (χ1n) is 6.37. The zero-order valence-electron chi connectivity index (χ0n) is 10.6. The van der Waals surface area contributed by atoms with Gasteiger partial charge in [-0.05, 0) is 24.1 Å². The van der Waals surface area contributed by atoms with Crippen LogP contribution in [-0.4, -0.2) is 40.0 Å². The predicted octanol–water partition coefficient (Wildman–Crippen LogP) is 1.55. The van der Waals surface area contributed by atoms with Crippen molar-refractivity contribution >= 4 is 21.8 Å². The van der Waals surface area contributed by atoms with E-state index >= 15 is 0 Å². The molecular formula is C14H16BrNO3. The fraction of sp³-hybridized carbons (Fsp3) is 0.500. The Morgan fingerprint density at radius 2 is 2.11 bits per heavy atom. The fourth-order valence-electron chi connectivity index (χ4n) is 3.07. The van der Waals surface area contributed by atoms with Crippen molar-refractivity contribution < 1.29 is 14.6 Å². The maximum absolute atomic E-state index is 12.2. The Labute approximate surface area is 120 Å². The number of methoxy groups -OCH3 is 1. The molecule has 4 atom stereocenters. The summed E-state index contributed by atoms with van der Waals surface area (Å²) < 4.78 is 5.12. The lowest BCUT2D eigenvalue weighted by Crippen LogP contribution is -2.43. The van der Waals surface area contributed by atoms with E-state index in [9.17, 15) is 9.90 Å². The van der Waals surface area contributed by atoms with Crippen LogP contribution < -0.4 is 4.74 Å². The van der Waals surface area contributed by atoms with E-state index in [1.165, 1.54) is 0 Å². The molecule has 2 fully saturated rings. The molecule has 19 heavy (non-hydrogen) atoms. The molecule has 1 aromatic rings. The number of likely N-dealkylation sites (tertiary alicyclic amines) is 1. The Balaban J connectivity index is 1.77. The maximum Gasteiger partial charge on any atom is 0.229 e. The Morgan fingerprint density at radius 3 is 2.68 bits per heavy atom. The summed E-state index contributed by atoms with van der Waals surface area (Å²) in [5.41, 5.74) is 1.05. The second kappa shape index (κ2) is 4.80. The number of aliphatic hydroxyl groups is 1. The van der Waals surface area contributed by atoms with Gasteiger partial charge in [0.1, 0.15) is 5.75 Å². The van der Waals surface area contributed by atoms with E-state index in [0.717, 1.165) is 17.7 Å². The van der Waals surface area contributed by atoms with Gasteiger partial charge in [0.05, 0.1) is 25.2 Å². The number of aliphatic hydroxyl groups excluding tert-OH is 1. The highest BCUT2D eigenvalue weighted by molar-refractivity contribution is 9.09. The van der Waals surface area contributed by atoms with Gasteiger partial charge in [-0.15, -0.1) is 0 Å². The number of fused-ring (bicyclic) bond motifs is 2. The number of carbonyl (C=O) groups excluding carboxylic acids is 1. The van der Waals surface area contributed by atoms with E-state index in [-0.39, 0.29) is 22.7 Å². The summed E-state index contributed by atoms with van der Waals surface area (Å²) in [5, 5.41) is 10.1. The highest BCUT2D eigenvalue weighted by atomic mass is 79.9. The van der Waals surface area contributed by atoms with Crippen LogP contribution in [0.4, 0.5) is 0 Å². The summed E-state index contributed by atoms with van der Waals surface area (Å²) in [5.74, 6) is 0.646. The maximum atomic E-state index is 12.2. The molecule has 1 saturated carbocycles. The standard InChI is InChI=1S/C14H16BrNO3/c1-19-9-4-2-8(3-5-9)7-16-12-11(15)6-10(13(12)17)14(16)18/h2-5,10-13,17H,6-7H2,1H3/t10-,11-,12+,13+/m0/s1. The molecule has 2 aliphatic rings. The summed E-state index contributed by atoms with van der Waals surface area (Å²) in [6, 6.07) is 7.58. The van der Waals surface area contributed by atoms with Crippen LogP contribution in [0.5, 0.6) is 5.75 Å². The van der Waals surface area contributed by atoms with Crippen molar-refractivity contribution in [2.45, 2.75) is 29.9 Å². The normalized spacial score (nSPS) is 33.0. The number of hydrogen-bond donors (Lipinski definition) is 1. The number of carbonyl (C=O) groups is 1. The minimum Gasteiger partial charge on any atom is -0.497 e. The SMILES string of the molecule is COc1ccc(CN2C(=O)[C@H]3C[C@H](Br)[C@@H]2[C@@H]3O)cc1. The highest BCUT2D eigenvalue weighted by Crippen LogP contribution is 2.43. The summed E-state index contributed by atoms with van der Waals surface area (Å²) >= 11 is 3.57. The van der Waals surface area contributed by atoms with E-state index in [1.54, 1.807) is 12.0 Å². The molecule has 5 heteroatoms.